The van der Waals surface area contributed by atoms with E-state index in [4.69, 9.17) is 18.6 Å². The fourth-order valence-electron chi connectivity index (χ4n) is 4.70. The molecule has 0 spiro atoms. The Kier molecular flexibility index (Phi) is 8.26. The molecule has 0 radical (unpaired) electrons. The van der Waals surface area contributed by atoms with E-state index >= 15 is 0 Å². The summed E-state index contributed by atoms with van der Waals surface area (Å²) in [5.41, 5.74) is 1.00. The van der Waals surface area contributed by atoms with E-state index < -0.39 is 23.5 Å². The molecule has 0 aliphatic carbocycles. The fourth-order valence-corrected chi connectivity index (χ4v) is 4.70. The van der Waals surface area contributed by atoms with Crippen molar-refractivity contribution in [2.45, 2.75) is 26.3 Å². The molecule has 1 aliphatic rings. The Morgan fingerprint density at radius 2 is 1.79 bits per heavy atom. The van der Waals surface area contributed by atoms with Crippen molar-refractivity contribution in [3.8, 4) is 17.2 Å². The van der Waals surface area contributed by atoms with Crippen molar-refractivity contribution in [1.82, 2.24) is 9.80 Å². The molecule has 38 heavy (non-hydrogen) atoms. The molecule has 0 bridgehead atoms. The van der Waals surface area contributed by atoms with E-state index in [0.717, 1.165) is 6.54 Å². The van der Waals surface area contributed by atoms with E-state index in [1.165, 1.54) is 12.0 Å². The summed E-state index contributed by atoms with van der Waals surface area (Å²) in [6.45, 7) is 5.69. The minimum Gasteiger partial charge on any atom is -0.503 e. The first-order valence-electron chi connectivity index (χ1n) is 12.7. The summed E-state index contributed by atoms with van der Waals surface area (Å²) in [6.07, 6.45) is 0.654. The Bertz CT molecular complexity index is 1360. The maximum atomic E-state index is 13.9. The van der Waals surface area contributed by atoms with Crippen LogP contribution in [0.3, 0.4) is 0 Å². The van der Waals surface area contributed by atoms with E-state index in [-0.39, 0.29) is 11.3 Å². The Hall–Kier alpha value is -3.98. The van der Waals surface area contributed by atoms with Crippen LogP contribution < -0.4 is 14.2 Å². The third-order valence-electron chi connectivity index (χ3n) is 6.39. The number of furan rings is 1. The van der Waals surface area contributed by atoms with Gasteiger partial charge in [0, 0.05) is 11.9 Å². The Labute approximate surface area is 222 Å². The Balaban J connectivity index is 1.80. The molecule has 9 nitrogen and oxygen atoms in total. The first-order chi connectivity index (χ1) is 18.3. The summed E-state index contributed by atoms with van der Waals surface area (Å²) < 4.78 is 22.8. The minimum absolute atomic E-state index is 0.00922. The zero-order valence-corrected chi connectivity index (χ0v) is 22.4. The van der Waals surface area contributed by atoms with Gasteiger partial charge in [-0.25, -0.2) is 0 Å². The van der Waals surface area contributed by atoms with Gasteiger partial charge in [-0.2, -0.15) is 0 Å². The second-order valence-electron chi connectivity index (χ2n) is 9.21. The second kappa shape index (κ2) is 11.6. The molecule has 9 heteroatoms. The number of carbonyl (C=O) groups is 2. The molecule has 0 fully saturated rings. The molecule has 0 saturated carbocycles. The van der Waals surface area contributed by atoms with Crippen LogP contribution in [-0.4, -0.2) is 74.1 Å². The number of amides is 1. The van der Waals surface area contributed by atoms with Crippen LogP contribution in [0.25, 0.3) is 11.0 Å². The number of hydrogen-bond acceptors (Lipinski definition) is 8. The van der Waals surface area contributed by atoms with E-state index in [1.54, 1.807) is 42.5 Å². The smallest absolute Gasteiger partial charge is 0.290 e. The molecule has 0 saturated heterocycles. The fraction of sp³-hybridized carbons (Fsp3) is 0.379. The number of rotatable bonds is 12. The summed E-state index contributed by atoms with van der Waals surface area (Å²) in [6, 6.07) is 11.4. The van der Waals surface area contributed by atoms with E-state index in [2.05, 4.69) is 0 Å². The average molecular weight is 523 g/mol. The molecule has 1 N–H and O–H groups in total. The Morgan fingerprint density at radius 1 is 1.05 bits per heavy atom. The predicted octanol–water partition coefficient (Wildman–Crippen LogP) is 4.77. The normalized spacial score (nSPS) is 15.6. The lowest BCUT2D eigenvalue weighted by Gasteiger charge is -2.27. The summed E-state index contributed by atoms with van der Waals surface area (Å²) >= 11 is 0. The molecule has 1 aromatic heterocycles. The van der Waals surface area contributed by atoms with Crippen molar-refractivity contribution in [2.24, 2.45) is 0 Å². The summed E-state index contributed by atoms with van der Waals surface area (Å²) in [5.74, 6) is -0.194. The summed E-state index contributed by atoms with van der Waals surface area (Å²) in [5, 5.41) is 11.7. The van der Waals surface area contributed by atoms with Gasteiger partial charge >= 0.3 is 0 Å². The topological polar surface area (TPSA) is 102 Å². The number of Topliss-reactive ketones (excluding diaryl/α,β-unsaturated/α-hetero) is 1. The lowest BCUT2D eigenvalue weighted by Crippen LogP contribution is -2.33. The molecule has 1 aliphatic heterocycles. The van der Waals surface area contributed by atoms with Crippen LogP contribution in [0.2, 0.25) is 0 Å². The molecular formula is C29H34N2O7. The standard InChI is InChI=1S/C29H34N2O7/c1-6-36-20-13-12-18(16-22(20)37-7-2)25-24(27(33)29(34)31(25)15-9-14-30(3)4)26(32)23-17-19-10-8-11-21(35-5)28(19)38-23/h8,10-13,16-17,25,33H,6-7,9,14-15H2,1-5H3. The van der Waals surface area contributed by atoms with E-state index in [1.807, 2.05) is 32.8 Å². The van der Waals surface area contributed by atoms with Crippen molar-refractivity contribution in [1.29, 1.82) is 0 Å². The number of methoxy groups -OCH3 is 1. The SMILES string of the molecule is CCOc1ccc(C2C(C(=O)c3cc4cccc(OC)c4o3)=C(O)C(=O)N2CCCN(C)C)cc1OCC. The van der Waals surface area contributed by atoms with Crippen molar-refractivity contribution in [2.75, 3.05) is 47.5 Å². The molecule has 3 aromatic rings. The third kappa shape index (κ3) is 5.19. The zero-order valence-electron chi connectivity index (χ0n) is 22.4. The van der Waals surface area contributed by atoms with Gasteiger partial charge in [0.25, 0.3) is 5.91 Å². The third-order valence-corrected chi connectivity index (χ3v) is 6.39. The van der Waals surface area contributed by atoms with Crippen LogP contribution in [0, 0.1) is 0 Å². The van der Waals surface area contributed by atoms with Crippen molar-refractivity contribution in [3.63, 3.8) is 0 Å². The quantitative estimate of drug-likeness (QED) is 0.340. The number of fused-ring (bicyclic) bond motifs is 1. The van der Waals surface area contributed by atoms with Gasteiger partial charge in [0.05, 0.1) is 31.9 Å². The molecule has 202 valence electrons. The van der Waals surface area contributed by atoms with Crippen molar-refractivity contribution < 1.29 is 33.3 Å². The molecule has 2 aromatic carbocycles. The number of benzene rings is 2. The van der Waals surface area contributed by atoms with Crippen LogP contribution in [0.4, 0.5) is 0 Å². The predicted molar refractivity (Wildman–Crippen MR) is 143 cm³/mol. The molecule has 2 heterocycles. The molecular weight excluding hydrogens is 488 g/mol. The average Bonchev–Trinajstić information content (AvgIpc) is 3.44. The van der Waals surface area contributed by atoms with Crippen LogP contribution in [0.15, 0.2) is 58.2 Å². The van der Waals surface area contributed by atoms with Gasteiger partial charge in [0.2, 0.25) is 5.78 Å². The maximum Gasteiger partial charge on any atom is 0.290 e. The van der Waals surface area contributed by atoms with Gasteiger partial charge in [-0.15, -0.1) is 0 Å². The van der Waals surface area contributed by atoms with Crippen LogP contribution in [0.5, 0.6) is 17.2 Å². The molecule has 1 amide bonds. The molecule has 1 atom stereocenters. The minimum atomic E-state index is -0.831. The van der Waals surface area contributed by atoms with Crippen molar-refractivity contribution in [3.05, 3.63) is 65.1 Å². The number of hydrogen-bond donors (Lipinski definition) is 1. The lowest BCUT2D eigenvalue weighted by molar-refractivity contribution is -0.129. The number of ether oxygens (including phenoxy) is 3. The lowest BCUT2D eigenvalue weighted by atomic mass is 9.94. The monoisotopic (exact) mass is 522 g/mol. The largest absolute Gasteiger partial charge is 0.503 e. The van der Waals surface area contributed by atoms with Gasteiger partial charge in [-0.05, 0) is 70.7 Å². The number of aliphatic hydroxyl groups is 1. The first kappa shape index (κ1) is 27.1. The maximum absolute atomic E-state index is 13.9. The van der Waals surface area contributed by atoms with Gasteiger partial charge in [-0.3, -0.25) is 9.59 Å². The zero-order chi connectivity index (χ0) is 27.4. The van der Waals surface area contributed by atoms with E-state index in [0.29, 0.717) is 60.0 Å². The highest BCUT2D eigenvalue weighted by Gasteiger charge is 2.44. The van der Waals surface area contributed by atoms with E-state index in [9.17, 15) is 14.7 Å². The molecule has 1 unspecified atom stereocenters. The first-order valence-corrected chi connectivity index (χ1v) is 12.7. The van der Waals surface area contributed by atoms with Gasteiger partial charge in [0.1, 0.15) is 0 Å². The van der Waals surface area contributed by atoms with Crippen LogP contribution in [0.1, 0.15) is 42.4 Å². The van der Waals surface area contributed by atoms with Crippen LogP contribution >= 0.6 is 0 Å². The van der Waals surface area contributed by atoms with Crippen LogP contribution in [-0.2, 0) is 4.79 Å². The Morgan fingerprint density at radius 3 is 2.47 bits per heavy atom. The van der Waals surface area contributed by atoms with Gasteiger partial charge in [-0.1, -0.05) is 18.2 Å². The number of aliphatic hydroxyl groups excluding tert-OH is 1. The number of ketones is 1. The number of nitrogens with zero attached hydrogens (tertiary/aromatic N) is 2. The number of carbonyl (C=O) groups excluding carboxylic acids is 2. The highest BCUT2D eigenvalue weighted by molar-refractivity contribution is 6.16. The second-order valence-corrected chi connectivity index (χ2v) is 9.21. The van der Waals surface area contributed by atoms with Gasteiger partial charge < -0.3 is 33.5 Å². The molecule has 4 rings (SSSR count). The number of para-hydroxylation sites is 1. The summed E-state index contributed by atoms with van der Waals surface area (Å²) in [4.78, 5) is 30.7. The van der Waals surface area contributed by atoms with Gasteiger partial charge in [0.15, 0.2) is 34.4 Å². The highest BCUT2D eigenvalue weighted by Crippen LogP contribution is 2.42. The van der Waals surface area contributed by atoms with Crippen molar-refractivity contribution >= 4 is 22.7 Å². The highest BCUT2D eigenvalue weighted by atomic mass is 16.5. The summed E-state index contributed by atoms with van der Waals surface area (Å²) in [7, 11) is 5.42.